The van der Waals surface area contributed by atoms with Crippen molar-refractivity contribution in [3.63, 3.8) is 0 Å². The molecule has 0 saturated heterocycles. The standard InChI is InChI=1S/C14H27N3O/c1-4-9-15-14(5-2,12-18)8-6-11-17-13(3)7-10-16-17/h7,10,15,18H,4-6,8-9,11-12H2,1-3H3. The topological polar surface area (TPSA) is 50.1 Å². The molecule has 0 aliphatic carbocycles. The Morgan fingerprint density at radius 3 is 2.72 bits per heavy atom. The van der Waals surface area contributed by atoms with Crippen LogP contribution >= 0.6 is 0 Å². The van der Waals surface area contributed by atoms with Gasteiger partial charge in [0.05, 0.1) is 6.61 Å². The number of rotatable bonds is 9. The molecule has 1 heterocycles. The van der Waals surface area contributed by atoms with Gasteiger partial charge in [-0.05, 0) is 45.2 Å². The zero-order chi connectivity index (χ0) is 13.4. The summed E-state index contributed by atoms with van der Waals surface area (Å²) >= 11 is 0. The predicted octanol–water partition coefficient (Wildman–Crippen LogP) is 2.11. The first kappa shape index (κ1) is 15.2. The monoisotopic (exact) mass is 253 g/mol. The second-order valence-electron chi connectivity index (χ2n) is 5.02. The minimum atomic E-state index is -0.114. The average molecular weight is 253 g/mol. The fourth-order valence-corrected chi connectivity index (χ4v) is 2.23. The number of hydrogen-bond donors (Lipinski definition) is 2. The average Bonchev–Trinajstić information content (AvgIpc) is 2.80. The van der Waals surface area contributed by atoms with Gasteiger partial charge in [-0.3, -0.25) is 4.68 Å². The van der Waals surface area contributed by atoms with Gasteiger partial charge in [-0.2, -0.15) is 5.10 Å². The second-order valence-corrected chi connectivity index (χ2v) is 5.02. The maximum absolute atomic E-state index is 9.63. The van der Waals surface area contributed by atoms with E-state index in [0.29, 0.717) is 0 Å². The smallest absolute Gasteiger partial charge is 0.0613 e. The number of hydrogen-bond acceptors (Lipinski definition) is 3. The van der Waals surface area contributed by atoms with Crippen LogP contribution < -0.4 is 5.32 Å². The molecule has 2 N–H and O–H groups in total. The SMILES string of the molecule is CCCNC(CC)(CO)CCCn1nccc1C. The molecule has 0 saturated carbocycles. The van der Waals surface area contributed by atoms with Gasteiger partial charge < -0.3 is 10.4 Å². The third kappa shape index (κ3) is 4.10. The normalized spacial score (nSPS) is 14.7. The maximum atomic E-state index is 9.63. The molecule has 1 aromatic heterocycles. The minimum absolute atomic E-state index is 0.114. The molecule has 0 spiro atoms. The lowest BCUT2D eigenvalue weighted by Gasteiger charge is -2.32. The van der Waals surface area contributed by atoms with Crippen molar-refractivity contribution in [3.8, 4) is 0 Å². The van der Waals surface area contributed by atoms with E-state index < -0.39 is 0 Å². The lowest BCUT2D eigenvalue weighted by molar-refractivity contribution is 0.142. The Morgan fingerprint density at radius 1 is 1.44 bits per heavy atom. The molecule has 1 atom stereocenters. The van der Waals surface area contributed by atoms with Gasteiger partial charge in [0.2, 0.25) is 0 Å². The maximum Gasteiger partial charge on any atom is 0.0613 e. The van der Waals surface area contributed by atoms with Gasteiger partial charge in [-0.15, -0.1) is 0 Å². The van der Waals surface area contributed by atoms with Crippen LogP contribution in [0.3, 0.4) is 0 Å². The summed E-state index contributed by atoms with van der Waals surface area (Å²) in [4.78, 5) is 0. The highest BCUT2D eigenvalue weighted by molar-refractivity contribution is 4.96. The molecule has 0 aliphatic rings. The van der Waals surface area contributed by atoms with Crippen LogP contribution in [0.15, 0.2) is 12.3 Å². The molecule has 18 heavy (non-hydrogen) atoms. The Balaban J connectivity index is 2.44. The van der Waals surface area contributed by atoms with Crippen LogP contribution in [0.25, 0.3) is 0 Å². The van der Waals surface area contributed by atoms with E-state index in [1.54, 1.807) is 0 Å². The van der Waals surface area contributed by atoms with E-state index in [4.69, 9.17) is 0 Å². The Morgan fingerprint density at radius 2 is 2.22 bits per heavy atom. The zero-order valence-corrected chi connectivity index (χ0v) is 11.9. The summed E-state index contributed by atoms with van der Waals surface area (Å²) in [5.74, 6) is 0. The van der Waals surface area contributed by atoms with Crippen LogP contribution in [0.2, 0.25) is 0 Å². The summed E-state index contributed by atoms with van der Waals surface area (Å²) in [6.45, 7) is 8.46. The second kappa shape index (κ2) is 7.54. The highest BCUT2D eigenvalue weighted by Crippen LogP contribution is 2.17. The van der Waals surface area contributed by atoms with Crippen LogP contribution in [0.4, 0.5) is 0 Å². The molecule has 0 aromatic carbocycles. The van der Waals surface area contributed by atoms with E-state index in [1.165, 1.54) is 5.69 Å². The van der Waals surface area contributed by atoms with E-state index in [1.807, 2.05) is 16.9 Å². The highest BCUT2D eigenvalue weighted by Gasteiger charge is 2.25. The van der Waals surface area contributed by atoms with Crippen molar-refractivity contribution in [3.05, 3.63) is 18.0 Å². The number of aliphatic hydroxyl groups is 1. The Hall–Kier alpha value is -0.870. The van der Waals surface area contributed by atoms with Crippen LogP contribution in [0.1, 0.15) is 45.2 Å². The molecule has 104 valence electrons. The quantitative estimate of drug-likeness (QED) is 0.708. The van der Waals surface area contributed by atoms with Crippen LogP contribution in [-0.4, -0.2) is 33.6 Å². The number of aliphatic hydroxyl groups excluding tert-OH is 1. The fourth-order valence-electron chi connectivity index (χ4n) is 2.23. The number of aryl methyl sites for hydroxylation is 2. The molecule has 4 nitrogen and oxygen atoms in total. The molecule has 1 aromatic rings. The Bertz CT molecular complexity index is 332. The van der Waals surface area contributed by atoms with Crippen LogP contribution in [-0.2, 0) is 6.54 Å². The molecule has 4 heteroatoms. The van der Waals surface area contributed by atoms with Gasteiger partial charge in [-0.1, -0.05) is 13.8 Å². The first-order valence-corrected chi connectivity index (χ1v) is 7.01. The third-order valence-corrected chi connectivity index (χ3v) is 3.68. The van der Waals surface area contributed by atoms with Gasteiger partial charge in [0.25, 0.3) is 0 Å². The largest absolute Gasteiger partial charge is 0.394 e. The van der Waals surface area contributed by atoms with Gasteiger partial charge in [-0.25, -0.2) is 0 Å². The lowest BCUT2D eigenvalue weighted by Crippen LogP contribution is -2.48. The molecule has 0 radical (unpaired) electrons. The summed E-state index contributed by atoms with van der Waals surface area (Å²) in [6, 6.07) is 2.02. The minimum Gasteiger partial charge on any atom is -0.394 e. The molecular formula is C14H27N3O. The first-order valence-electron chi connectivity index (χ1n) is 7.01. The Labute approximate surface area is 110 Å². The molecular weight excluding hydrogens is 226 g/mol. The molecule has 0 bridgehead atoms. The van der Waals surface area contributed by atoms with E-state index in [-0.39, 0.29) is 12.1 Å². The van der Waals surface area contributed by atoms with Crippen molar-refractivity contribution in [2.45, 2.75) is 58.5 Å². The van der Waals surface area contributed by atoms with Crippen LogP contribution in [0.5, 0.6) is 0 Å². The van der Waals surface area contributed by atoms with Gasteiger partial charge >= 0.3 is 0 Å². The van der Waals surface area contributed by atoms with Crippen molar-refractivity contribution >= 4 is 0 Å². The van der Waals surface area contributed by atoms with E-state index in [2.05, 4.69) is 31.2 Å². The van der Waals surface area contributed by atoms with E-state index in [9.17, 15) is 5.11 Å². The summed E-state index contributed by atoms with van der Waals surface area (Å²) in [7, 11) is 0. The third-order valence-electron chi connectivity index (χ3n) is 3.68. The Kier molecular flexibility index (Phi) is 6.36. The summed E-state index contributed by atoms with van der Waals surface area (Å²) in [5.41, 5.74) is 1.08. The van der Waals surface area contributed by atoms with Crippen molar-refractivity contribution < 1.29 is 5.11 Å². The molecule has 0 aliphatic heterocycles. The van der Waals surface area contributed by atoms with Crippen molar-refractivity contribution in [2.75, 3.05) is 13.2 Å². The summed E-state index contributed by atoms with van der Waals surface area (Å²) < 4.78 is 2.03. The van der Waals surface area contributed by atoms with Crippen molar-refractivity contribution in [1.82, 2.24) is 15.1 Å². The van der Waals surface area contributed by atoms with E-state index in [0.717, 1.165) is 38.8 Å². The number of aromatic nitrogens is 2. The highest BCUT2D eigenvalue weighted by atomic mass is 16.3. The van der Waals surface area contributed by atoms with Gasteiger partial charge in [0.15, 0.2) is 0 Å². The lowest BCUT2D eigenvalue weighted by atomic mass is 9.91. The summed E-state index contributed by atoms with van der Waals surface area (Å²) in [6.07, 6.45) is 5.91. The number of nitrogens with one attached hydrogen (secondary N) is 1. The predicted molar refractivity (Wildman–Crippen MR) is 74.6 cm³/mol. The van der Waals surface area contributed by atoms with Gasteiger partial charge in [0.1, 0.15) is 0 Å². The van der Waals surface area contributed by atoms with Crippen molar-refractivity contribution in [1.29, 1.82) is 0 Å². The molecule has 0 fully saturated rings. The van der Waals surface area contributed by atoms with Gasteiger partial charge in [0, 0.05) is 24.0 Å². The molecule has 0 amide bonds. The molecule has 1 rings (SSSR count). The fraction of sp³-hybridized carbons (Fsp3) is 0.786. The zero-order valence-electron chi connectivity index (χ0n) is 11.9. The van der Waals surface area contributed by atoms with E-state index >= 15 is 0 Å². The number of nitrogens with zero attached hydrogens (tertiary/aromatic N) is 2. The van der Waals surface area contributed by atoms with Crippen molar-refractivity contribution in [2.24, 2.45) is 0 Å². The van der Waals surface area contributed by atoms with Crippen LogP contribution in [0, 0.1) is 6.92 Å². The molecule has 1 unspecified atom stereocenters. The summed E-state index contributed by atoms with van der Waals surface area (Å²) in [5, 5.41) is 17.4. The first-order chi connectivity index (χ1) is 8.67.